The zero-order chi connectivity index (χ0) is 23.7. The molecule has 0 unspecified atom stereocenters. The molecule has 4 aromatic rings. The molecule has 5 rings (SSSR count). The summed E-state index contributed by atoms with van der Waals surface area (Å²) in [5.74, 6) is 3.31. The molecule has 0 bridgehead atoms. The number of hydrogen-bond donors (Lipinski definition) is 1. The maximum absolute atomic E-state index is 9.88. The zero-order valence-corrected chi connectivity index (χ0v) is 20.1. The lowest BCUT2D eigenvalue weighted by Gasteiger charge is -2.24. The summed E-state index contributed by atoms with van der Waals surface area (Å²) in [6, 6.07) is 16.1. The summed E-state index contributed by atoms with van der Waals surface area (Å²) in [5, 5.41) is 10.8. The van der Waals surface area contributed by atoms with Gasteiger partial charge in [-0.15, -0.1) is 11.8 Å². The highest BCUT2D eigenvalue weighted by atomic mass is 32.2. The van der Waals surface area contributed by atoms with Gasteiger partial charge in [0.1, 0.15) is 10.8 Å². The molecule has 7 heteroatoms. The molecule has 0 amide bonds. The number of aromatic nitrogens is 3. The molecule has 0 spiro atoms. The summed E-state index contributed by atoms with van der Waals surface area (Å²) in [4.78, 5) is 14.2. The fourth-order valence-electron chi connectivity index (χ4n) is 4.02. The van der Waals surface area contributed by atoms with Crippen molar-refractivity contribution in [3.63, 3.8) is 0 Å². The van der Waals surface area contributed by atoms with Crippen LogP contribution in [-0.2, 0) is 18.8 Å². The van der Waals surface area contributed by atoms with Crippen molar-refractivity contribution in [3.8, 4) is 28.8 Å². The summed E-state index contributed by atoms with van der Waals surface area (Å²) in [6.45, 7) is 3.93. The van der Waals surface area contributed by atoms with E-state index in [1.165, 1.54) is 11.1 Å². The summed E-state index contributed by atoms with van der Waals surface area (Å²) in [5.41, 5.74) is 6.77. The molecule has 0 atom stereocenters. The van der Waals surface area contributed by atoms with Crippen LogP contribution in [0.2, 0.25) is 0 Å². The Balaban J connectivity index is 1.61. The van der Waals surface area contributed by atoms with Crippen LogP contribution < -0.4 is 9.47 Å². The van der Waals surface area contributed by atoms with E-state index in [1.54, 1.807) is 25.1 Å². The fraction of sp³-hybridized carbons (Fsp3) is 0.222. The van der Waals surface area contributed by atoms with E-state index < -0.39 is 0 Å². The van der Waals surface area contributed by atoms with Crippen LogP contribution in [0.3, 0.4) is 0 Å². The van der Waals surface area contributed by atoms with Gasteiger partial charge in [0.15, 0.2) is 11.6 Å². The lowest BCUT2D eigenvalue weighted by molar-refractivity contribution is 0.278. The first-order valence-electron chi connectivity index (χ1n) is 11.1. The number of ether oxygens (including phenoxy) is 2. The highest BCUT2D eigenvalue weighted by Crippen LogP contribution is 2.43. The molecule has 0 saturated carbocycles. The third-order valence-electron chi connectivity index (χ3n) is 6.01. The largest absolute Gasteiger partial charge is 0.497 e. The van der Waals surface area contributed by atoms with Gasteiger partial charge in [-0.2, -0.15) is 4.98 Å². The highest BCUT2D eigenvalue weighted by molar-refractivity contribution is 7.98. The normalized spacial score (nSPS) is 12.0. The van der Waals surface area contributed by atoms with Crippen molar-refractivity contribution in [1.82, 2.24) is 15.0 Å². The van der Waals surface area contributed by atoms with Gasteiger partial charge in [-0.3, -0.25) is 4.98 Å². The second kappa shape index (κ2) is 9.44. The molecule has 6 nitrogen and oxygen atoms in total. The van der Waals surface area contributed by atoms with Gasteiger partial charge in [-0.05, 0) is 37.1 Å². The highest BCUT2D eigenvalue weighted by Gasteiger charge is 2.27. The van der Waals surface area contributed by atoms with Crippen molar-refractivity contribution in [2.45, 2.75) is 37.7 Å². The Morgan fingerprint density at radius 1 is 1.03 bits per heavy atom. The van der Waals surface area contributed by atoms with Crippen molar-refractivity contribution in [2.24, 2.45) is 0 Å². The van der Waals surface area contributed by atoms with Crippen LogP contribution in [0.15, 0.2) is 59.8 Å². The molecule has 1 aliphatic rings. The van der Waals surface area contributed by atoms with E-state index >= 15 is 0 Å². The fourth-order valence-corrected chi connectivity index (χ4v) is 5.12. The number of benzene rings is 2. The van der Waals surface area contributed by atoms with E-state index in [9.17, 15) is 5.11 Å². The van der Waals surface area contributed by atoms with Crippen molar-refractivity contribution >= 4 is 11.8 Å². The van der Waals surface area contributed by atoms with Gasteiger partial charge in [0.25, 0.3) is 0 Å². The van der Waals surface area contributed by atoms with Crippen LogP contribution in [0, 0.1) is 13.8 Å². The van der Waals surface area contributed by atoms with E-state index in [0.29, 0.717) is 23.9 Å². The number of fused-ring (bicyclic) bond motifs is 2. The maximum Gasteiger partial charge on any atom is 0.227 e. The molecule has 34 heavy (non-hydrogen) atoms. The minimum atomic E-state index is -0.0945. The van der Waals surface area contributed by atoms with Crippen LogP contribution in [-0.4, -0.2) is 27.2 Å². The van der Waals surface area contributed by atoms with E-state index in [2.05, 4.69) is 36.2 Å². The van der Waals surface area contributed by atoms with Gasteiger partial charge in [0, 0.05) is 35.1 Å². The summed E-state index contributed by atoms with van der Waals surface area (Å²) >= 11 is 1.67. The molecule has 0 aliphatic carbocycles. The van der Waals surface area contributed by atoms with Crippen LogP contribution in [0.1, 0.15) is 33.5 Å². The van der Waals surface area contributed by atoms with Crippen molar-refractivity contribution in [2.75, 3.05) is 7.11 Å². The van der Waals surface area contributed by atoms with Crippen LogP contribution >= 0.6 is 11.8 Å². The zero-order valence-electron chi connectivity index (χ0n) is 19.3. The Hall–Kier alpha value is -3.42. The Bertz CT molecular complexity index is 1370. The topological polar surface area (TPSA) is 77.4 Å². The van der Waals surface area contributed by atoms with Gasteiger partial charge in [-0.25, -0.2) is 4.98 Å². The van der Waals surface area contributed by atoms with E-state index in [4.69, 9.17) is 19.4 Å². The second-order valence-electron chi connectivity index (χ2n) is 8.20. The molecule has 1 N–H and O–H groups in total. The van der Waals surface area contributed by atoms with E-state index in [-0.39, 0.29) is 6.61 Å². The number of aryl methyl sites for hydroxylation is 2. The smallest absolute Gasteiger partial charge is 0.227 e. The quantitative estimate of drug-likeness (QED) is 0.253. The first-order valence-corrected chi connectivity index (χ1v) is 12.0. The van der Waals surface area contributed by atoms with Crippen molar-refractivity contribution in [1.29, 1.82) is 0 Å². The third kappa shape index (κ3) is 4.24. The first kappa shape index (κ1) is 22.4. The number of thioether (sulfide) groups is 1. The number of nitrogens with zero attached hydrogens (tertiary/aromatic N) is 3. The minimum Gasteiger partial charge on any atom is -0.497 e. The molecule has 3 heterocycles. The molecular weight excluding hydrogens is 446 g/mol. The number of pyridine rings is 1. The molecule has 2 aromatic carbocycles. The lowest BCUT2D eigenvalue weighted by atomic mass is 9.99. The molecule has 1 aliphatic heterocycles. The van der Waals surface area contributed by atoms with Crippen LogP contribution in [0.25, 0.3) is 11.4 Å². The third-order valence-corrected chi connectivity index (χ3v) is 7.08. The number of hydrogen-bond acceptors (Lipinski definition) is 7. The average Bonchev–Trinajstić information content (AvgIpc) is 2.87. The van der Waals surface area contributed by atoms with Gasteiger partial charge in [0.05, 0.1) is 25.0 Å². The predicted molar refractivity (Wildman–Crippen MR) is 133 cm³/mol. The monoisotopic (exact) mass is 471 g/mol. The standard InChI is InChI=1S/C27H25N3O3S/c1-16-7-4-5-8-19(16)15-34-27-23-12-22-20(14-31)13-28-17(2)24(22)33-26(23)29-25(30-27)18-9-6-10-21(11-18)32-3/h4-11,13,31H,12,14-15H2,1-3H3. The minimum absolute atomic E-state index is 0.0945. The molecule has 0 radical (unpaired) electrons. The maximum atomic E-state index is 9.88. The predicted octanol–water partition coefficient (Wildman–Crippen LogP) is 5.65. The molecule has 172 valence electrons. The second-order valence-corrected chi connectivity index (χ2v) is 9.16. The number of rotatable bonds is 6. The SMILES string of the molecule is COc1cccc(-c2nc3c(c(SCc4ccccc4C)n2)Cc2c(CO)cnc(C)c2O3)c1. The van der Waals surface area contributed by atoms with Gasteiger partial charge in [-0.1, -0.05) is 36.4 Å². The average molecular weight is 472 g/mol. The molecule has 0 saturated heterocycles. The van der Waals surface area contributed by atoms with Crippen molar-refractivity contribution < 1.29 is 14.6 Å². The van der Waals surface area contributed by atoms with Crippen molar-refractivity contribution in [3.05, 3.63) is 88.2 Å². The molecule has 2 aromatic heterocycles. The van der Waals surface area contributed by atoms with E-state index in [1.807, 2.05) is 31.2 Å². The summed E-state index contributed by atoms with van der Waals surface area (Å²) in [6.07, 6.45) is 2.30. The Morgan fingerprint density at radius 3 is 2.68 bits per heavy atom. The van der Waals surface area contributed by atoms with E-state index in [0.717, 1.165) is 44.5 Å². The summed E-state index contributed by atoms with van der Waals surface area (Å²) < 4.78 is 11.7. The van der Waals surface area contributed by atoms with Gasteiger partial charge >= 0.3 is 0 Å². The number of aliphatic hydroxyl groups is 1. The molecule has 0 fully saturated rings. The number of methoxy groups -OCH3 is 1. The van der Waals surface area contributed by atoms with Gasteiger partial charge in [0.2, 0.25) is 5.88 Å². The van der Waals surface area contributed by atoms with Crippen LogP contribution in [0.4, 0.5) is 0 Å². The Labute approximate surface area is 203 Å². The first-order chi connectivity index (χ1) is 16.6. The Morgan fingerprint density at radius 2 is 1.88 bits per heavy atom. The van der Waals surface area contributed by atoms with Crippen LogP contribution in [0.5, 0.6) is 17.4 Å². The lowest BCUT2D eigenvalue weighted by Crippen LogP contribution is -2.13. The van der Waals surface area contributed by atoms with Gasteiger partial charge < -0.3 is 14.6 Å². The number of aliphatic hydroxyl groups excluding tert-OH is 1. The molecular formula is C27H25N3O3S. The summed E-state index contributed by atoms with van der Waals surface area (Å²) in [7, 11) is 1.64. The Kier molecular flexibility index (Phi) is 6.22.